The summed E-state index contributed by atoms with van der Waals surface area (Å²) in [5.74, 6) is -1.23. The summed E-state index contributed by atoms with van der Waals surface area (Å²) in [5, 5.41) is 0.263. The van der Waals surface area contributed by atoms with Crippen LogP contribution in [-0.2, 0) is 24.9 Å². The van der Waals surface area contributed by atoms with Crippen molar-refractivity contribution < 1.29 is 19.1 Å². The monoisotopic (exact) mass is 517 g/mol. The summed E-state index contributed by atoms with van der Waals surface area (Å²) >= 11 is 1.04. The molecule has 2 aromatic carbocycles. The number of carbonyl (C=O) groups is 3. The predicted molar refractivity (Wildman–Crippen MR) is 138 cm³/mol. The van der Waals surface area contributed by atoms with Gasteiger partial charge in [-0.15, -0.1) is 11.3 Å². The second-order valence-electron chi connectivity index (χ2n) is 8.70. The van der Waals surface area contributed by atoms with Gasteiger partial charge in [0.15, 0.2) is 0 Å². The number of aryl methyl sites for hydroxylation is 1. The third-order valence-electron chi connectivity index (χ3n) is 6.32. The lowest BCUT2D eigenvalue weighted by Gasteiger charge is -2.14. The average Bonchev–Trinajstić information content (AvgIpc) is 3.47. The number of aromatic nitrogens is 2. The summed E-state index contributed by atoms with van der Waals surface area (Å²) in [5.41, 5.74) is 0.631. The van der Waals surface area contributed by atoms with Gasteiger partial charge in [0.2, 0.25) is 0 Å². The number of fused-ring (bicyclic) bond motifs is 2. The highest BCUT2D eigenvalue weighted by molar-refractivity contribution is 7.20. The van der Waals surface area contributed by atoms with Gasteiger partial charge in [-0.25, -0.2) is 9.59 Å². The molecule has 1 aliphatic heterocycles. The van der Waals surface area contributed by atoms with E-state index in [2.05, 4.69) is 0 Å². The lowest BCUT2D eigenvalue weighted by molar-refractivity contribution is 0.0478. The Morgan fingerprint density at radius 1 is 0.865 bits per heavy atom. The van der Waals surface area contributed by atoms with Gasteiger partial charge in [0.1, 0.15) is 16.3 Å². The summed E-state index contributed by atoms with van der Waals surface area (Å²) in [6, 6.07) is 17.4. The molecule has 2 amide bonds. The summed E-state index contributed by atoms with van der Waals surface area (Å²) in [6.07, 6.45) is 0.837. The van der Waals surface area contributed by atoms with E-state index in [1.807, 2.05) is 30.3 Å². The van der Waals surface area contributed by atoms with Crippen molar-refractivity contribution in [3.63, 3.8) is 0 Å². The molecular weight excluding hydrogens is 494 g/mol. The molecule has 4 aromatic rings. The Morgan fingerprint density at radius 3 is 2.16 bits per heavy atom. The molecule has 5 rings (SSSR count). The third-order valence-corrected chi connectivity index (χ3v) is 7.51. The molecule has 188 valence electrons. The number of thiophene rings is 1. The zero-order valence-corrected chi connectivity index (χ0v) is 20.8. The number of carbonyl (C=O) groups excluding carboxylic acids is 3. The highest BCUT2D eigenvalue weighted by atomic mass is 32.1. The summed E-state index contributed by atoms with van der Waals surface area (Å²) in [7, 11) is 1.55. The van der Waals surface area contributed by atoms with E-state index in [0.717, 1.165) is 21.5 Å². The van der Waals surface area contributed by atoms with Crippen LogP contribution >= 0.6 is 11.3 Å². The van der Waals surface area contributed by atoms with Crippen molar-refractivity contribution >= 4 is 39.3 Å². The van der Waals surface area contributed by atoms with E-state index in [-0.39, 0.29) is 41.8 Å². The van der Waals surface area contributed by atoms with Crippen molar-refractivity contribution in [2.75, 3.05) is 6.54 Å². The van der Waals surface area contributed by atoms with Crippen LogP contribution in [0, 0.1) is 0 Å². The fourth-order valence-electron chi connectivity index (χ4n) is 4.36. The minimum Gasteiger partial charge on any atom is -0.457 e. The van der Waals surface area contributed by atoms with Crippen LogP contribution in [0.15, 0.2) is 70.3 Å². The van der Waals surface area contributed by atoms with E-state index in [9.17, 15) is 24.0 Å². The van der Waals surface area contributed by atoms with Crippen molar-refractivity contribution in [3.05, 3.63) is 103 Å². The fourth-order valence-corrected chi connectivity index (χ4v) is 5.36. The van der Waals surface area contributed by atoms with E-state index in [1.165, 1.54) is 15.5 Å². The molecule has 0 unspecified atom stereocenters. The number of imide groups is 1. The van der Waals surface area contributed by atoms with Crippen LogP contribution in [0.25, 0.3) is 10.2 Å². The van der Waals surface area contributed by atoms with E-state index < -0.39 is 17.2 Å². The quantitative estimate of drug-likeness (QED) is 0.202. The third kappa shape index (κ3) is 4.51. The van der Waals surface area contributed by atoms with Crippen LogP contribution in [-0.4, -0.2) is 38.4 Å². The molecule has 0 atom stereocenters. The molecule has 0 spiro atoms. The van der Waals surface area contributed by atoms with Crippen molar-refractivity contribution in [3.8, 4) is 0 Å². The Balaban J connectivity index is 1.27. The first-order valence-corrected chi connectivity index (χ1v) is 12.6. The lowest BCUT2D eigenvalue weighted by Crippen LogP contribution is -2.38. The molecule has 1 aliphatic rings. The standard InChI is InChI=1S/C27H23N3O6S/c1-28-25-20(15-21(37-25)26(34)36-16-17-9-3-2-4-10-17)24(33)30(27(28)35)14-8-7-13-29-22(31)18-11-5-6-12-19(18)23(29)32/h2-6,9-12,15H,7-8,13-14,16H2,1H3. The molecule has 0 saturated heterocycles. The van der Waals surface area contributed by atoms with Crippen molar-refractivity contribution in [2.24, 2.45) is 7.05 Å². The van der Waals surface area contributed by atoms with E-state index >= 15 is 0 Å². The number of hydrogen-bond donors (Lipinski definition) is 0. The van der Waals surface area contributed by atoms with Crippen LogP contribution in [0.5, 0.6) is 0 Å². The number of benzene rings is 2. The second kappa shape index (κ2) is 9.98. The topological polar surface area (TPSA) is 108 Å². The first kappa shape index (κ1) is 24.4. The number of nitrogens with zero attached hydrogens (tertiary/aromatic N) is 3. The van der Waals surface area contributed by atoms with Gasteiger partial charge in [0, 0.05) is 20.1 Å². The molecule has 37 heavy (non-hydrogen) atoms. The van der Waals surface area contributed by atoms with Crippen LogP contribution in [0.3, 0.4) is 0 Å². The zero-order chi connectivity index (χ0) is 26.1. The maximum atomic E-state index is 13.1. The molecule has 0 bridgehead atoms. The smallest absolute Gasteiger partial charge is 0.348 e. The number of hydrogen-bond acceptors (Lipinski definition) is 7. The number of unbranched alkanes of at least 4 members (excludes halogenated alkanes) is 1. The molecule has 0 fully saturated rings. The maximum Gasteiger partial charge on any atom is 0.348 e. The Morgan fingerprint density at radius 2 is 1.49 bits per heavy atom. The SMILES string of the molecule is Cn1c(=O)n(CCCCN2C(=O)c3ccccc3C2=O)c(=O)c2cc(C(=O)OCc3ccccc3)sc21. The van der Waals surface area contributed by atoms with E-state index in [0.29, 0.717) is 28.8 Å². The van der Waals surface area contributed by atoms with Crippen molar-refractivity contribution in [2.45, 2.75) is 26.0 Å². The molecule has 0 radical (unpaired) electrons. The summed E-state index contributed by atoms with van der Waals surface area (Å²) < 4.78 is 7.84. The van der Waals surface area contributed by atoms with Crippen LogP contribution in [0.1, 0.15) is 48.8 Å². The highest BCUT2D eigenvalue weighted by Gasteiger charge is 2.34. The van der Waals surface area contributed by atoms with Gasteiger partial charge in [0.05, 0.1) is 16.5 Å². The van der Waals surface area contributed by atoms with Gasteiger partial charge in [-0.05, 0) is 36.6 Å². The molecule has 2 aromatic heterocycles. The van der Waals surface area contributed by atoms with Crippen LogP contribution in [0.2, 0.25) is 0 Å². The van der Waals surface area contributed by atoms with Crippen LogP contribution in [0.4, 0.5) is 0 Å². The van der Waals surface area contributed by atoms with Crippen LogP contribution < -0.4 is 11.2 Å². The van der Waals surface area contributed by atoms with Gasteiger partial charge in [0.25, 0.3) is 17.4 Å². The minimum atomic E-state index is -0.565. The number of rotatable bonds is 8. The first-order chi connectivity index (χ1) is 17.9. The molecule has 0 aliphatic carbocycles. The molecule has 9 nitrogen and oxygen atoms in total. The zero-order valence-electron chi connectivity index (χ0n) is 20.0. The largest absolute Gasteiger partial charge is 0.457 e. The second-order valence-corrected chi connectivity index (χ2v) is 9.73. The Kier molecular flexibility index (Phi) is 6.58. The van der Waals surface area contributed by atoms with Gasteiger partial charge in [-0.3, -0.25) is 28.4 Å². The molecular formula is C27H23N3O6S. The molecule has 0 saturated carbocycles. The Labute approximate surface area is 215 Å². The molecule has 0 N–H and O–H groups in total. The van der Waals surface area contributed by atoms with Gasteiger partial charge in [-0.2, -0.15) is 0 Å². The first-order valence-electron chi connectivity index (χ1n) is 11.8. The number of amides is 2. The average molecular weight is 518 g/mol. The van der Waals surface area contributed by atoms with Crippen molar-refractivity contribution in [1.82, 2.24) is 14.0 Å². The summed E-state index contributed by atoms with van der Waals surface area (Å²) in [4.78, 5) is 65.4. The van der Waals surface area contributed by atoms with E-state index in [4.69, 9.17) is 4.74 Å². The number of ether oxygens (including phenoxy) is 1. The maximum absolute atomic E-state index is 13.1. The predicted octanol–water partition coefficient (Wildman–Crippen LogP) is 3.20. The van der Waals surface area contributed by atoms with Gasteiger partial charge < -0.3 is 4.74 Å². The van der Waals surface area contributed by atoms with Crippen molar-refractivity contribution in [1.29, 1.82) is 0 Å². The number of esters is 1. The van der Waals surface area contributed by atoms with Gasteiger partial charge >= 0.3 is 11.7 Å². The highest BCUT2D eigenvalue weighted by Crippen LogP contribution is 2.24. The Hall–Kier alpha value is -4.31. The van der Waals surface area contributed by atoms with Gasteiger partial charge in [-0.1, -0.05) is 42.5 Å². The van der Waals surface area contributed by atoms with E-state index in [1.54, 1.807) is 31.3 Å². The molecule has 3 heterocycles. The fraction of sp³-hybridized carbons (Fsp3) is 0.222. The summed E-state index contributed by atoms with van der Waals surface area (Å²) in [6.45, 7) is 0.415. The lowest BCUT2D eigenvalue weighted by atomic mass is 10.1. The minimum absolute atomic E-state index is 0.101. The molecule has 10 heteroatoms. The Bertz CT molecular complexity index is 1620. The normalized spacial score (nSPS) is 12.8.